The lowest BCUT2D eigenvalue weighted by Crippen LogP contribution is -2.37. The van der Waals surface area contributed by atoms with Crippen molar-refractivity contribution in [3.8, 4) is 17.1 Å². The van der Waals surface area contributed by atoms with Gasteiger partial charge in [-0.15, -0.1) is 0 Å². The fourth-order valence-corrected chi connectivity index (χ4v) is 5.77. The molecule has 0 bridgehead atoms. The van der Waals surface area contributed by atoms with E-state index >= 15 is 4.39 Å². The molecule has 166 valence electrons. The number of nitrogens with zero attached hydrogens (tertiary/aromatic N) is 3. The molecule has 1 atom stereocenters. The molecule has 2 aliphatic rings. The van der Waals surface area contributed by atoms with Gasteiger partial charge in [-0.3, -0.25) is 9.56 Å². The van der Waals surface area contributed by atoms with Gasteiger partial charge in [0, 0.05) is 11.1 Å². The maximum atomic E-state index is 15.0. The molecule has 1 aliphatic carbocycles. The van der Waals surface area contributed by atoms with E-state index in [9.17, 15) is 0 Å². The predicted octanol–water partition coefficient (Wildman–Crippen LogP) is 6.87. The molecule has 0 N–H and O–H groups in total. The molecular formula is C28H26FN3O. The highest BCUT2D eigenvalue weighted by Gasteiger charge is 2.40. The second-order valence-corrected chi connectivity index (χ2v) is 9.77. The van der Waals surface area contributed by atoms with Crippen LogP contribution in [0.1, 0.15) is 62.0 Å². The minimum atomic E-state index is -0.265. The van der Waals surface area contributed by atoms with Gasteiger partial charge in [-0.05, 0) is 73.1 Å². The average molecular weight is 440 g/mol. The minimum absolute atomic E-state index is 0.143. The molecule has 2 aromatic heterocycles. The highest BCUT2D eigenvalue weighted by atomic mass is 19.1. The zero-order chi connectivity index (χ0) is 22.7. The summed E-state index contributed by atoms with van der Waals surface area (Å²) in [5.74, 6) is 1.16. The van der Waals surface area contributed by atoms with Gasteiger partial charge in [0.05, 0.1) is 29.4 Å². The molecule has 33 heavy (non-hydrogen) atoms. The highest BCUT2D eigenvalue weighted by molar-refractivity contribution is 6.15. The van der Waals surface area contributed by atoms with Gasteiger partial charge < -0.3 is 4.42 Å². The van der Waals surface area contributed by atoms with Crippen molar-refractivity contribution in [2.45, 2.75) is 45.1 Å². The van der Waals surface area contributed by atoms with Crippen LogP contribution in [-0.2, 0) is 5.41 Å². The van der Waals surface area contributed by atoms with Crippen molar-refractivity contribution in [3.05, 3.63) is 95.4 Å². The molecular weight excluding hydrogens is 413 g/mol. The molecule has 2 aromatic carbocycles. The van der Waals surface area contributed by atoms with Crippen LogP contribution in [0, 0.1) is 11.7 Å². The summed E-state index contributed by atoms with van der Waals surface area (Å²) in [6.45, 7) is 6.65. The Kier molecular flexibility index (Phi) is 4.44. The smallest absolute Gasteiger partial charge is 0.154 e. The molecule has 0 saturated heterocycles. The monoisotopic (exact) mass is 439 g/mol. The Morgan fingerprint density at radius 1 is 1.03 bits per heavy atom. The van der Waals surface area contributed by atoms with Crippen LogP contribution in [0.15, 0.2) is 76.6 Å². The number of furan rings is 1. The predicted molar refractivity (Wildman–Crippen MR) is 127 cm³/mol. The summed E-state index contributed by atoms with van der Waals surface area (Å²) in [5.41, 5.74) is 6.23. The van der Waals surface area contributed by atoms with Gasteiger partial charge >= 0.3 is 0 Å². The topological polar surface area (TPSA) is 43.3 Å². The standard InChI is InChI=1S/C28H26FN3O/c1-17-14-28(3,15-17)19-10-11-23-21(13-19)25(20-7-4-5-8-22(20)29)31-18(2)27-26(30-16-32(23)27)24-9-6-12-33-24/h4-13,16-18H,14-15H2,1-3H3/t17?,18-,28?/m0/s1. The molecule has 4 aromatic rings. The Morgan fingerprint density at radius 2 is 1.85 bits per heavy atom. The number of rotatable bonds is 3. The molecule has 1 fully saturated rings. The minimum Gasteiger partial charge on any atom is -0.463 e. The summed E-state index contributed by atoms with van der Waals surface area (Å²) in [6, 6.07) is 17.0. The molecule has 1 saturated carbocycles. The number of halogens is 1. The maximum absolute atomic E-state index is 15.0. The second-order valence-electron chi connectivity index (χ2n) is 9.77. The Labute approximate surface area is 192 Å². The van der Waals surface area contributed by atoms with Crippen molar-refractivity contribution < 1.29 is 8.81 Å². The number of aromatic nitrogens is 2. The summed E-state index contributed by atoms with van der Waals surface area (Å²) >= 11 is 0. The van der Waals surface area contributed by atoms with Crippen LogP contribution in [0.4, 0.5) is 4.39 Å². The molecule has 0 spiro atoms. The van der Waals surface area contributed by atoms with E-state index in [1.54, 1.807) is 12.3 Å². The number of aliphatic imine (C=N–C) groups is 1. The van der Waals surface area contributed by atoms with Gasteiger partial charge in [0.15, 0.2) is 5.76 Å². The van der Waals surface area contributed by atoms with Gasteiger partial charge in [-0.25, -0.2) is 9.37 Å². The first-order chi connectivity index (χ1) is 15.9. The van der Waals surface area contributed by atoms with Crippen LogP contribution in [-0.4, -0.2) is 15.3 Å². The normalized spacial score (nSPS) is 23.8. The third kappa shape index (κ3) is 3.10. The van der Waals surface area contributed by atoms with E-state index in [2.05, 4.69) is 41.6 Å². The van der Waals surface area contributed by atoms with E-state index in [1.165, 1.54) is 11.6 Å². The molecule has 4 nitrogen and oxygen atoms in total. The van der Waals surface area contributed by atoms with Gasteiger partial charge in [-0.2, -0.15) is 0 Å². The number of imidazole rings is 1. The van der Waals surface area contributed by atoms with E-state index in [1.807, 2.05) is 37.5 Å². The van der Waals surface area contributed by atoms with E-state index < -0.39 is 0 Å². The fraction of sp³-hybridized carbons (Fsp3) is 0.286. The fourth-order valence-electron chi connectivity index (χ4n) is 5.77. The second kappa shape index (κ2) is 7.27. The van der Waals surface area contributed by atoms with Crippen molar-refractivity contribution in [2.75, 3.05) is 0 Å². The summed E-state index contributed by atoms with van der Waals surface area (Å²) in [6.07, 6.45) is 5.80. The number of hydrogen-bond donors (Lipinski definition) is 0. The van der Waals surface area contributed by atoms with Crippen molar-refractivity contribution in [3.63, 3.8) is 0 Å². The van der Waals surface area contributed by atoms with Crippen LogP contribution >= 0.6 is 0 Å². The lowest BCUT2D eigenvalue weighted by atomic mass is 9.60. The largest absolute Gasteiger partial charge is 0.463 e. The summed E-state index contributed by atoms with van der Waals surface area (Å²) < 4.78 is 22.8. The summed E-state index contributed by atoms with van der Waals surface area (Å²) in [7, 11) is 0. The number of hydrogen-bond acceptors (Lipinski definition) is 3. The molecule has 5 heteroatoms. The van der Waals surface area contributed by atoms with Gasteiger partial charge in [0.25, 0.3) is 0 Å². The van der Waals surface area contributed by atoms with Crippen LogP contribution in [0.2, 0.25) is 0 Å². The van der Waals surface area contributed by atoms with Crippen LogP contribution in [0.3, 0.4) is 0 Å². The highest BCUT2D eigenvalue weighted by Crippen LogP contribution is 2.48. The Morgan fingerprint density at radius 3 is 2.58 bits per heavy atom. The molecule has 1 aliphatic heterocycles. The third-order valence-electron chi connectivity index (χ3n) is 7.21. The van der Waals surface area contributed by atoms with E-state index in [-0.39, 0.29) is 17.3 Å². The van der Waals surface area contributed by atoms with Crippen molar-refractivity contribution >= 4 is 5.71 Å². The zero-order valence-corrected chi connectivity index (χ0v) is 19.0. The first-order valence-corrected chi connectivity index (χ1v) is 11.5. The zero-order valence-electron chi connectivity index (χ0n) is 19.0. The van der Waals surface area contributed by atoms with Crippen LogP contribution < -0.4 is 0 Å². The first-order valence-electron chi connectivity index (χ1n) is 11.5. The van der Waals surface area contributed by atoms with Gasteiger partial charge in [-0.1, -0.05) is 32.0 Å². The van der Waals surface area contributed by atoms with E-state index in [0.29, 0.717) is 17.0 Å². The average Bonchev–Trinajstić information content (AvgIpc) is 3.44. The SMILES string of the molecule is CC1CC(C)(c2ccc3c(c2)C(c2ccccc2F)=N[C@@H](C)c2c(-c4ccco4)ncn2-3)C1. The number of fused-ring (bicyclic) bond motifs is 3. The van der Waals surface area contributed by atoms with E-state index in [0.717, 1.165) is 41.4 Å². The first kappa shape index (κ1) is 20.2. The van der Waals surface area contributed by atoms with Crippen LogP contribution in [0.25, 0.3) is 17.1 Å². The number of benzene rings is 2. The van der Waals surface area contributed by atoms with Crippen molar-refractivity contribution in [1.29, 1.82) is 0 Å². The molecule has 0 radical (unpaired) electrons. The lowest BCUT2D eigenvalue weighted by Gasteiger charge is -2.44. The molecule has 6 rings (SSSR count). The Balaban J connectivity index is 1.61. The quantitative estimate of drug-likeness (QED) is 0.350. The van der Waals surface area contributed by atoms with Crippen molar-refractivity contribution in [1.82, 2.24) is 9.55 Å². The van der Waals surface area contributed by atoms with Gasteiger partial charge in [0.2, 0.25) is 0 Å². The maximum Gasteiger partial charge on any atom is 0.154 e. The Hall–Kier alpha value is -3.47. The summed E-state index contributed by atoms with van der Waals surface area (Å²) in [5, 5.41) is 0. The molecule has 3 heterocycles. The lowest BCUT2D eigenvalue weighted by molar-refractivity contribution is 0.178. The third-order valence-corrected chi connectivity index (χ3v) is 7.21. The molecule has 0 amide bonds. The van der Waals surface area contributed by atoms with Gasteiger partial charge in [0.1, 0.15) is 17.8 Å². The van der Waals surface area contributed by atoms with Crippen LogP contribution in [0.5, 0.6) is 0 Å². The summed E-state index contributed by atoms with van der Waals surface area (Å²) in [4.78, 5) is 9.77. The van der Waals surface area contributed by atoms with Crippen molar-refractivity contribution in [2.24, 2.45) is 10.9 Å². The van der Waals surface area contributed by atoms with E-state index in [4.69, 9.17) is 9.41 Å². The molecule has 0 unspecified atom stereocenters. The Bertz CT molecular complexity index is 1380.